The lowest BCUT2D eigenvalue weighted by Crippen LogP contribution is -2.34. The Labute approximate surface area is 120 Å². The van der Waals surface area contributed by atoms with E-state index >= 15 is 0 Å². The molecule has 1 unspecified atom stereocenters. The molecule has 1 rings (SSSR count). The van der Waals surface area contributed by atoms with E-state index in [4.69, 9.17) is 5.14 Å². The summed E-state index contributed by atoms with van der Waals surface area (Å²) in [5, 5.41) is 7.86. The molecular weight excluding hydrogens is 278 g/mol. The second-order valence-corrected chi connectivity index (χ2v) is 7.76. The highest BCUT2D eigenvalue weighted by atomic mass is 32.2. The lowest BCUT2D eigenvalue weighted by atomic mass is 9.82. The zero-order valence-corrected chi connectivity index (χ0v) is 13.4. The molecule has 0 saturated carbocycles. The van der Waals surface area contributed by atoms with E-state index < -0.39 is 10.0 Å². The van der Waals surface area contributed by atoms with E-state index in [9.17, 15) is 13.2 Å². The predicted octanol–water partition coefficient (Wildman–Crippen LogP) is 1.08. The fourth-order valence-electron chi connectivity index (χ4n) is 1.56. The van der Waals surface area contributed by atoms with Gasteiger partial charge in [-0.15, -0.1) is 0 Å². The zero-order chi connectivity index (χ0) is 15.7. The molecule has 0 fully saturated rings. The molecule has 1 aromatic heterocycles. The number of hydrogen-bond donors (Lipinski definition) is 2. The Morgan fingerprint density at radius 2 is 2.00 bits per heavy atom. The van der Waals surface area contributed by atoms with Crippen molar-refractivity contribution in [1.29, 1.82) is 0 Å². The molecule has 0 aromatic carbocycles. The topological polar surface area (TPSA) is 94.2 Å². The molecule has 0 radical (unpaired) electrons. The van der Waals surface area contributed by atoms with E-state index in [0.29, 0.717) is 12.5 Å². The first kappa shape index (κ1) is 16.7. The Kier molecular flexibility index (Phi) is 4.66. The second-order valence-electron chi connectivity index (χ2n) is 6.19. The number of aromatic nitrogens is 1. The highest BCUT2D eigenvalue weighted by molar-refractivity contribution is 7.89. The number of sulfonamides is 1. The van der Waals surface area contributed by atoms with Gasteiger partial charge in [-0.25, -0.2) is 13.6 Å². The number of carbonyl (C=O) groups excluding carboxylic acids is 1. The zero-order valence-electron chi connectivity index (χ0n) is 12.6. The van der Waals surface area contributed by atoms with Crippen molar-refractivity contribution in [3.63, 3.8) is 0 Å². The van der Waals surface area contributed by atoms with Crippen molar-refractivity contribution >= 4 is 15.9 Å². The van der Waals surface area contributed by atoms with Crippen LogP contribution in [0.15, 0.2) is 17.2 Å². The first-order valence-corrected chi connectivity index (χ1v) is 7.95. The van der Waals surface area contributed by atoms with Gasteiger partial charge in [-0.1, -0.05) is 27.7 Å². The molecule has 1 heterocycles. The van der Waals surface area contributed by atoms with Crippen LogP contribution >= 0.6 is 0 Å². The van der Waals surface area contributed by atoms with Crippen LogP contribution in [0.25, 0.3) is 0 Å². The minimum absolute atomic E-state index is 0.0611. The maximum Gasteiger partial charge on any atom is 0.267 e. The number of aryl methyl sites for hydroxylation is 1. The summed E-state index contributed by atoms with van der Waals surface area (Å²) >= 11 is 0. The Balaban J connectivity index is 2.82. The van der Waals surface area contributed by atoms with Crippen LogP contribution in [0.5, 0.6) is 0 Å². The minimum atomic E-state index is -3.79. The van der Waals surface area contributed by atoms with Gasteiger partial charge in [0.1, 0.15) is 10.6 Å². The molecule has 0 bridgehead atoms. The Morgan fingerprint density at radius 3 is 2.40 bits per heavy atom. The smallest absolute Gasteiger partial charge is 0.267 e. The van der Waals surface area contributed by atoms with Crippen LogP contribution in [-0.4, -0.2) is 25.4 Å². The van der Waals surface area contributed by atoms with Gasteiger partial charge in [-0.3, -0.25) is 4.79 Å². The van der Waals surface area contributed by atoms with E-state index in [1.165, 1.54) is 16.8 Å². The molecule has 1 aromatic rings. The summed E-state index contributed by atoms with van der Waals surface area (Å²) in [5.74, 6) is -0.0112. The Hall–Kier alpha value is -1.34. The summed E-state index contributed by atoms with van der Waals surface area (Å²) in [6.45, 7) is 8.89. The fraction of sp³-hybridized carbons (Fsp3) is 0.615. The highest BCUT2D eigenvalue weighted by Crippen LogP contribution is 2.24. The molecule has 0 aliphatic rings. The monoisotopic (exact) mass is 301 g/mol. The number of primary sulfonamides is 1. The Bertz CT molecular complexity index is 597. The summed E-state index contributed by atoms with van der Waals surface area (Å²) in [7, 11) is -2.19. The van der Waals surface area contributed by atoms with Gasteiger partial charge in [0.2, 0.25) is 10.0 Å². The molecule has 0 saturated heterocycles. The maximum absolute atomic E-state index is 12.1. The molecule has 6 nitrogen and oxygen atoms in total. The number of nitrogens with two attached hydrogens (primary N) is 1. The van der Waals surface area contributed by atoms with Crippen LogP contribution in [0.3, 0.4) is 0 Å². The number of nitrogens with zero attached hydrogens (tertiary/aromatic N) is 1. The molecule has 114 valence electrons. The number of nitrogens with one attached hydrogen (secondary N) is 1. The van der Waals surface area contributed by atoms with Crippen LogP contribution in [0.1, 0.15) is 38.2 Å². The van der Waals surface area contributed by atoms with Crippen LogP contribution in [-0.2, 0) is 17.1 Å². The molecule has 0 spiro atoms. The number of hydrogen-bond acceptors (Lipinski definition) is 3. The molecule has 20 heavy (non-hydrogen) atoms. The van der Waals surface area contributed by atoms with E-state index in [1.54, 1.807) is 7.05 Å². The maximum atomic E-state index is 12.1. The molecule has 0 aliphatic carbocycles. The van der Waals surface area contributed by atoms with Gasteiger partial charge in [0.25, 0.3) is 5.91 Å². The van der Waals surface area contributed by atoms with E-state index in [2.05, 4.69) is 33.0 Å². The van der Waals surface area contributed by atoms with Crippen molar-refractivity contribution < 1.29 is 13.2 Å². The first-order chi connectivity index (χ1) is 8.93. The van der Waals surface area contributed by atoms with Gasteiger partial charge in [0.05, 0.1) is 0 Å². The lowest BCUT2D eigenvalue weighted by Gasteiger charge is -2.27. The van der Waals surface area contributed by atoms with Gasteiger partial charge in [0, 0.05) is 19.8 Å². The van der Waals surface area contributed by atoms with Crippen molar-refractivity contribution in [2.75, 3.05) is 6.54 Å². The van der Waals surface area contributed by atoms with Crippen LogP contribution in [0, 0.1) is 11.3 Å². The van der Waals surface area contributed by atoms with Crippen LogP contribution in [0.2, 0.25) is 0 Å². The Morgan fingerprint density at radius 1 is 1.45 bits per heavy atom. The number of carbonyl (C=O) groups is 1. The van der Waals surface area contributed by atoms with Crippen molar-refractivity contribution in [2.24, 2.45) is 23.5 Å². The fourth-order valence-corrected chi connectivity index (χ4v) is 2.14. The minimum Gasteiger partial charge on any atom is -0.350 e. The number of rotatable bonds is 4. The molecule has 1 atom stereocenters. The second kappa shape index (κ2) is 5.57. The van der Waals surface area contributed by atoms with Crippen molar-refractivity contribution in [1.82, 2.24) is 9.88 Å². The molecule has 3 N–H and O–H groups in total. The number of amides is 1. The molecule has 0 aliphatic heterocycles. The molecule has 7 heteroatoms. The van der Waals surface area contributed by atoms with E-state index in [-0.39, 0.29) is 21.9 Å². The van der Waals surface area contributed by atoms with Gasteiger partial charge in [-0.2, -0.15) is 0 Å². The van der Waals surface area contributed by atoms with Crippen LogP contribution < -0.4 is 10.5 Å². The van der Waals surface area contributed by atoms with E-state index in [1.807, 2.05) is 0 Å². The SMILES string of the molecule is CC(CNC(=O)c1cc(S(N)(=O)=O)cn1C)C(C)(C)C. The summed E-state index contributed by atoms with van der Waals surface area (Å²) in [6.07, 6.45) is 1.33. The normalized spacial score (nSPS) is 14.1. The molecule has 1 amide bonds. The van der Waals surface area contributed by atoms with Crippen molar-refractivity contribution in [2.45, 2.75) is 32.6 Å². The molecular formula is C13H23N3O3S. The van der Waals surface area contributed by atoms with Gasteiger partial charge in [-0.05, 0) is 17.4 Å². The first-order valence-electron chi connectivity index (χ1n) is 6.40. The van der Waals surface area contributed by atoms with Gasteiger partial charge in [0.15, 0.2) is 0 Å². The quantitative estimate of drug-likeness (QED) is 0.871. The lowest BCUT2D eigenvalue weighted by molar-refractivity contribution is 0.0929. The predicted molar refractivity (Wildman–Crippen MR) is 77.7 cm³/mol. The third-order valence-electron chi connectivity index (χ3n) is 3.59. The van der Waals surface area contributed by atoms with Gasteiger partial charge < -0.3 is 9.88 Å². The van der Waals surface area contributed by atoms with Gasteiger partial charge >= 0.3 is 0 Å². The summed E-state index contributed by atoms with van der Waals surface area (Å²) < 4.78 is 24.0. The van der Waals surface area contributed by atoms with Crippen LogP contribution in [0.4, 0.5) is 0 Å². The third-order valence-corrected chi connectivity index (χ3v) is 4.47. The summed E-state index contributed by atoms with van der Waals surface area (Å²) in [4.78, 5) is 12.0. The largest absolute Gasteiger partial charge is 0.350 e. The third kappa shape index (κ3) is 4.08. The standard InChI is InChI=1S/C13H23N3O3S/c1-9(13(2,3)4)7-15-12(17)11-6-10(8-16(11)5)20(14,18)19/h6,8-9H,7H2,1-5H3,(H,15,17)(H2,14,18,19). The highest BCUT2D eigenvalue weighted by Gasteiger charge is 2.22. The van der Waals surface area contributed by atoms with E-state index in [0.717, 1.165) is 0 Å². The van der Waals surface area contributed by atoms with Crippen molar-refractivity contribution in [3.8, 4) is 0 Å². The summed E-state index contributed by atoms with van der Waals surface area (Å²) in [6, 6.07) is 1.28. The van der Waals surface area contributed by atoms with Crippen molar-refractivity contribution in [3.05, 3.63) is 18.0 Å². The average molecular weight is 301 g/mol. The summed E-state index contributed by atoms with van der Waals surface area (Å²) in [5.41, 5.74) is 0.364. The average Bonchev–Trinajstić information content (AvgIpc) is 2.66.